The number of nitrogens with one attached hydrogen (secondary N) is 1. The fourth-order valence-corrected chi connectivity index (χ4v) is 2.95. The highest BCUT2D eigenvalue weighted by Crippen LogP contribution is 2.38. The lowest BCUT2D eigenvalue weighted by Crippen LogP contribution is -1.99. The zero-order valence-electron chi connectivity index (χ0n) is 10.3. The van der Waals surface area contributed by atoms with Crippen molar-refractivity contribution in [1.82, 2.24) is 9.97 Å². The molecular formula is C13H10N6S. The average molecular weight is 282 g/mol. The number of aromatic nitrogens is 2. The number of rotatable bonds is 2. The minimum absolute atomic E-state index is 0.104. The lowest BCUT2D eigenvalue weighted by molar-refractivity contribution is 1.26. The molecule has 0 saturated heterocycles. The number of nitrogen functional groups attached to an aromatic ring is 2. The second-order valence-corrected chi connectivity index (χ2v) is 5.06. The standard InChI is InChI=1S/C13H10N6S/c14-6-8-9-10(15)18-13(16)19-12(9)20-11(8)17-7-4-2-1-3-5-7/h1-5,17H,(H4,15,16,18,19). The molecule has 6 nitrogen and oxygen atoms in total. The average Bonchev–Trinajstić information content (AvgIpc) is 2.77. The molecule has 2 aromatic heterocycles. The second kappa shape index (κ2) is 4.68. The molecule has 0 spiro atoms. The first-order valence-electron chi connectivity index (χ1n) is 5.76. The smallest absolute Gasteiger partial charge is 0.223 e. The van der Waals surface area contributed by atoms with Crippen molar-refractivity contribution in [3.05, 3.63) is 35.9 Å². The van der Waals surface area contributed by atoms with Gasteiger partial charge in [0.25, 0.3) is 0 Å². The molecule has 5 N–H and O–H groups in total. The molecule has 3 rings (SSSR count). The van der Waals surface area contributed by atoms with Crippen molar-refractivity contribution < 1.29 is 0 Å². The maximum Gasteiger partial charge on any atom is 0.223 e. The Hall–Kier alpha value is -2.85. The van der Waals surface area contributed by atoms with Gasteiger partial charge in [-0.05, 0) is 12.1 Å². The molecular weight excluding hydrogens is 272 g/mol. The van der Waals surface area contributed by atoms with Crippen molar-refractivity contribution in [3.63, 3.8) is 0 Å². The van der Waals surface area contributed by atoms with Gasteiger partial charge in [0.2, 0.25) is 5.95 Å². The number of anilines is 4. The SMILES string of the molecule is N#Cc1c(Nc2ccccc2)sc2nc(N)nc(N)c12. The van der Waals surface area contributed by atoms with Crippen LogP contribution in [-0.2, 0) is 0 Å². The van der Waals surface area contributed by atoms with Crippen LogP contribution in [0.4, 0.5) is 22.5 Å². The topological polar surface area (TPSA) is 114 Å². The van der Waals surface area contributed by atoms with Crippen molar-refractivity contribution >= 4 is 44.0 Å². The van der Waals surface area contributed by atoms with E-state index in [4.69, 9.17) is 11.5 Å². The first kappa shape index (κ1) is 12.2. The molecule has 1 aromatic carbocycles. The minimum Gasteiger partial charge on any atom is -0.383 e. The Morgan fingerprint density at radius 2 is 1.90 bits per heavy atom. The van der Waals surface area contributed by atoms with Crippen molar-refractivity contribution in [3.8, 4) is 6.07 Å². The largest absolute Gasteiger partial charge is 0.383 e. The van der Waals surface area contributed by atoms with Crippen LogP contribution in [0.5, 0.6) is 0 Å². The molecule has 0 fully saturated rings. The van der Waals surface area contributed by atoms with E-state index in [2.05, 4.69) is 21.4 Å². The molecule has 0 unspecified atom stereocenters. The van der Waals surface area contributed by atoms with Gasteiger partial charge in [0.15, 0.2) is 0 Å². The fraction of sp³-hybridized carbons (Fsp3) is 0. The summed E-state index contributed by atoms with van der Waals surface area (Å²) >= 11 is 1.33. The predicted molar refractivity (Wildman–Crippen MR) is 80.7 cm³/mol. The van der Waals surface area contributed by atoms with Crippen LogP contribution in [0.3, 0.4) is 0 Å². The third kappa shape index (κ3) is 1.98. The third-order valence-electron chi connectivity index (χ3n) is 2.74. The molecule has 0 radical (unpaired) electrons. The Bertz CT molecular complexity index is 818. The molecule has 98 valence electrons. The van der Waals surface area contributed by atoms with Crippen LogP contribution in [0, 0.1) is 11.3 Å². The van der Waals surface area contributed by atoms with Gasteiger partial charge in [-0.1, -0.05) is 29.5 Å². The molecule has 20 heavy (non-hydrogen) atoms. The summed E-state index contributed by atoms with van der Waals surface area (Å²) in [5.74, 6) is 0.327. The second-order valence-electron chi connectivity index (χ2n) is 4.06. The van der Waals surface area contributed by atoms with Crippen LogP contribution in [0.2, 0.25) is 0 Å². The van der Waals surface area contributed by atoms with Crippen molar-refractivity contribution in [2.24, 2.45) is 0 Å². The van der Waals surface area contributed by atoms with E-state index in [9.17, 15) is 5.26 Å². The van der Waals surface area contributed by atoms with E-state index < -0.39 is 0 Å². The Morgan fingerprint density at radius 3 is 2.60 bits per heavy atom. The van der Waals surface area contributed by atoms with Crippen LogP contribution in [0.1, 0.15) is 5.56 Å². The van der Waals surface area contributed by atoms with Gasteiger partial charge < -0.3 is 16.8 Å². The number of thiophene rings is 1. The number of nitriles is 1. The Kier molecular flexibility index (Phi) is 2.85. The number of benzene rings is 1. The lowest BCUT2D eigenvalue weighted by Gasteiger charge is -2.03. The molecule has 0 saturated carbocycles. The minimum atomic E-state index is 0.104. The maximum absolute atomic E-state index is 9.35. The van der Waals surface area contributed by atoms with Gasteiger partial charge in [-0.3, -0.25) is 0 Å². The zero-order valence-corrected chi connectivity index (χ0v) is 11.1. The predicted octanol–water partition coefficient (Wildman–Crippen LogP) is 2.47. The van der Waals surface area contributed by atoms with E-state index in [-0.39, 0.29) is 11.8 Å². The molecule has 3 aromatic rings. The summed E-state index contributed by atoms with van der Waals surface area (Å²) < 4.78 is 0. The van der Waals surface area contributed by atoms with E-state index in [0.29, 0.717) is 20.8 Å². The molecule has 0 aliphatic carbocycles. The van der Waals surface area contributed by atoms with E-state index in [1.54, 1.807) is 0 Å². The Labute approximate surface area is 118 Å². The van der Waals surface area contributed by atoms with E-state index in [1.807, 2.05) is 30.3 Å². The highest BCUT2D eigenvalue weighted by atomic mass is 32.1. The van der Waals surface area contributed by atoms with Crippen molar-refractivity contribution in [2.45, 2.75) is 0 Å². The van der Waals surface area contributed by atoms with Crippen LogP contribution >= 0.6 is 11.3 Å². The van der Waals surface area contributed by atoms with Crippen LogP contribution in [0.15, 0.2) is 30.3 Å². The molecule has 0 aliphatic rings. The van der Waals surface area contributed by atoms with Crippen molar-refractivity contribution in [1.29, 1.82) is 5.26 Å². The summed E-state index contributed by atoms with van der Waals surface area (Å²) in [6.07, 6.45) is 0. The van der Waals surface area contributed by atoms with E-state index >= 15 is 0 Å². The van der Waals surface area contributed by atoms with Crippen LogP contribution in [0.25, 0.3) is 10.2 Å². The first-order chi connectivity index (χ1) is 9.69. The highest BCUT2D eigenvalue weighted by Gasteiger charge is 2.17. The number of nitrogens with two attached hydrogens (primary N) is 2. The number of fused-ring (bicyclic) bond motifs is 1. The third-order valence-corrected chi connectivity index (χ3v) is 3.74. The van der Waals surface area contributed by atoms with E-state index in [0.717, 1.165) is 5.69 Å². The van der Waals surface area contributed by atoms with Crippen LogP contribution < -0.4 is 16.8 Å². The normalized spacial score (nSPS) is 10.3. The van der Waals surface area contributed by atoms with Gasteiger partial charge in [0.05, 0.1) is 10.9 Å². The van der Waals surface area contributed by atoms with Crippen LogP contribution in [-0.4, -0.2) is 9.97 Å². The van der Waals surface area contributed by atoms with E-state index in [1.165, 1.54) is 11.3 Å². The Morgan fingerprint density at radius 1 is 1.15 bits per heavy atom. The number of nitrogens with zero attached hydrogens (tertiary/aromatic N) is 3. The summed E-state index contributed by atoms with van der Waals surface area (Å²) in [6, 6.07) is 11.7. The quantitative estimate of drug-likeness (QED) is 0.665. The van der Waals surface area contributed by atoms with Gasteiger partial charge in [0, 0.05) is 5.69 Å². The molecule has 0 amide bonds. The van der Waals surface area contributed by atoms with Gasteiger partial charge in [-0.25, -0.2) is 4.98 Å². The summed E-state index contributed by atoms with van der Waals surface area (Å²) in [5, 5.41) is 13.8. The summed E-state index contributed by atoms with van der Waals surface area (Å²) in [6.45, 7) is 0. The fourth-order valence-electron chi connectivity index (χ4n) is 1.89. The summed E-state index contributed by atoms with van der Waals surface area (Å²) in [5.41, 5.74) is 12.7. The van der Waals surface area contributed by atoms with Gasteiger partial charge in [-0.2, -0.15) is 10.2 Å². The summed E-state index contributed by atoms with van der Waals surface area (Å²) in [7, 11) is 0. The number of hydrogen-bond donors (Lipinski definition) is 3. The zero-order chi connectivity index (χ0) is 14.1. The lowest BCUT2D eigenvalue weighted by atomic mass is 10.2. The number of para-hydroxylation sites is 1. The van der Waals surface area contributed by atoms with Gasteiger partial charge in [0.1, 0.15) is 21.7 Å². The first-order valence-corrected chi connectivity index (χ1v) is 6.58. The van der Waals surface area contributed by atoms with Gasteiger partial charge >= 0.3 is 0 Å². The summed E-state index contributed by atoms with van der Waals surface area (Å²) in [4.78, 5) is 8.63. The molecule has 0 bridgehead atoms. The van der Waals surface area contributed by atoms with Gasteiger partial charge in [-0.15, -0.1) is 0 Å². The molecule has 0 atom stereocenters. The van der Waals surface area contributed by atoms with Crippen molar-refractivity contribution in [2.75, 3.05) is 16.8 Å². The number of hydrogen-bond acceptors (Lipinski definition) is 7. The monoisotopic (exact) mass is 282 g/mol. The molecule has 2 heterocycles. The molecule has 0 aliphatic heterocycles. The molecule has 7 heteroatoms. The highest BCUT2D eigenvalue weighted by molar-refractivity contribution is 7.22. The Balaban J connectivity index is 2.17. The maximum atomic E-state index is 9.35.